The van der Waals surface area contributed by atoms with Gasteiger partial charge in [-0.15, -0.1) is 0 Å². The monoisotopic (exact) mass is 215 g/mol. The van der Waals surface area contributed by atoms with Crippen molar-refractivity contribution in [3.05, 3.63) is 34.6 Å². The normalized spacial score (nSPS) is 9.64. The summed E-state index contributed by atoms with van der Waals surface area (Å²) in [6, 6.07) is 3.20. The van der Waals surface area contributed by atoms with E-state index in [9.17, 15) is 4.39 Å². The molecule has 2 N–H and O–H groups in total. The molecule has 58 valence electrons. The minimum Gasteiger partial charge on any atom is -0.398 e. The second kappa shape index (κ2) is 3.05. The van der Waals surface area contributed by atoms with E-state index >= 15 is 0 Å². The fraction of sp³-hybridized carbons (Fsp3) is 0. The number of nitrogen functional groups attached to an aromatic ring is 1. The van der Waals surface area contributed by atoms with Gasteiger partial charge >= 0.3 is 0 Å². The van der Waals surface area contributed by atoms with Crippen LogP contribution in [0.1, 0.15) is 5.56 Å². The van der Waals surface area contributed by atoms with Crippen LogP contribution in [0.2, 0.25) is 0 Å². The number of hydrogen-bond donors (Lipinski definition) is 1. The Balaban J connectivity index is 3.40. The first-order chi connectivity index (χ1) is 5.16. The predicted octanol–water partition coefficient (Wildman–Crippen LogP) is 2.81. The van der Waals surface area contributed by atoms with E-state index in [0.717, 1.165) is 0 Å². The van der Waals surface area contributed by atoms with E-state index in [4.69, 9.17) is 5.73 Å². The molecular formula is C8H7BrFN. The standard InChI is InChI=1S/C8H7BrFN/c1-2-5-7(11)4-3-6(9)8(5)10/h2-4H,1,11H2. The molecule has 1 nitrogen and oxygen atoms in total. The summed E-state index contributed by atoms with van der Waals surface area (Å²) in [6.45, 7) is 3.45. The van der Waals surface area contributed by atoms with E-state index in [1.807, 2.05) is 0 Å². The number of halogens is 2. The third kappa shape index (κ3) is 1.43. The topological polar surface area (TPSA) is 26.0 Å². The molecule has 0 fully saturated rings. The Morgan fingerprint density at radius 3 is 2.64 bits per heavy atom. The van der Waals surface area contributed by atoms with Crippen LogP contribution in [0.5, 0.6) is 0 Å². The zero-order chi connectivity index (χ0) is 8.43. The number of hydrogen-bond acceptors (Lipinski definition) is 1. The molecule has 0 unspecified atom stereocenters. The lowest BCUT2D eigenvalue weighted by Crippen LogP contribution is -1.93. The van der Waals surface area contributed by atoms with E-state index in [-0.39, 0.29) is 5.82 Å². The highest BCUT2D eigenvalue weighted by Crippen LogP contribution is 2.24. The van der Waals surface area contributed by atoms with Crippen molar-refractivity contribution in [2.45, 2.75) is 0 Å². The maximum Gasteiger partial charge on any atom is 0.146 e. The summed E-state index contributed by atoms with van der Waals surface area (Å²) in [4.78, 5) is 0. The second-order valence-corrected chi connectivity index (χ2v) is 2.92. The highest BCUT2D eigenvalue weighted by Gasteiger charge is 2.05. The lowest BCUT2D eigenvalue weighted by molar-refractivity contribution is 0.619. The van der Waals surface area contributed by atoms with E-state index in [2.05, 4.69) is 22.5 Å². The molecule has 0 saturated carbocycles. The van der Waals surface area contributed by atoms with E-state index < -0.39 is 0 Å². The van der Waals surface area contributed by atoms with Crippen molar-refractivity contribution >= 4 is 27.7 Å². The van der Waals surface area contributed by atoms with Gasteiger partial charge in [-0.25, -0.2) is 4.39 Å². The number of anilines is 1. The van der Waals surface area contributed by atoms with Crippen LogP contribution >= 0.6 is 15.9 Å². The fourth-order valence-corrected chi connectivity index (χ4v) is 1.13. The Morgan fingerprint density at radius 1 is 1.55 bits per heavy atom. The Labute approximate surface area is 72.8 Å². The summed E-state index contributed by atoms with van der Waals surface area (Å²) in [5.41, 5.74) is 6.22. The van der Waals surface area contributed by atoms with Crippen LogP contribution < -0.4 is 5.73 Å². The minimum absolute atomic E-state index is 0.347. The SMILES string of the molecule is C=Cc1c(N)ccc(Br)c1F. The van der Waals surface area contributed by atoms with Gasteiger partial charge in [-0.1, -0.05) is 12.7 Å². The molecular weight excluding hydrogens is 209 g/mol. The quantitative estimate of drug-likeness (QED) is 0.717. The molecule has 11 heavy (non-hydrogen) atoms. The maximum absolute atomic E-state index is 13.1. The first-order valence-corrected chi connectivity index (χ1v) is 3.82. The lowest BCUT2D eigenvalue weighted by Gasteiger charge is -2.02. The van der Waals surface area contributed by atoms with Crippen LogP contribution in [-0.2, 0) is 0 Å². The van der Waals surface area contributed by atoms with Gasteiger partial charge in [0.05, 0.1) is 4.47 Å². The Morgan fingerprint density at radius 2 is 2.18 bits per heavy atom. The first-order valence-electron chi connectivity index (χ1n) is 3.02. The van der Waals surface area contributed by atoms with Crippen molar-refractivity contribution in [2.75, 3.05) is 5.73 Å². The molecule has 0 amide bonds. The van der Waals surface area contributed by atoms with Gasteiger partial charge < -0.3 is 5.73 Å². The number of rotatable bonds is 1. The van der Waals surface area contributed by atoms with E-state index in [0.29, 0.717) is 15.7 Å². The third-order valence-electron chi connectivity index (χ3n) is 1.37. The Kier molecular flexibility index (Phi) is 2.29. The molecule has 1 aromatic carbocycles. The van der Waals surface area contributed by atoms with Crippen LogP contribution in [0, 0.1) is 5.82 Å². The van der Waals surface area contributed by atoms with Gasteiger partial charge in [-0.2, -0.15) is 0 Å². The van der Waals surface area contributed by atoms with Crippen molar-refractivity contribution in [3.8, 4) is 0 Å². The molecule has 0 aliphatic carbocycles. The Bertz CT molecular complexity index is 296. The summed E-state index contributed by atoms with van der Waals surface area (Å²) >= 11 is 3.04. The minimum atomic E-state index is -0.361. The molecule has 1 aromatic rings. The van der Waals surface area contributed by atoms with Gasteiger partial charge in [0.1, 0.15) is 5.82 Å². The van der Waals surface area contributed by atoms with Crippen molar-refractivity contribution in [1.82, 2.24) is 0 Å². The summed E-state index contributed by atoms with van der Waals surface area (Å²) in [6.07, 6.45) is 1.40. The highest BCUT2D eigenvalue weighted by molar-refractivity contribution is 9.10. The molecule has 0 spiro atoms. The van der Waals surface area contributed by atoms with Gasteiger partial charge in [0.2, 0.25) is 0 Å². The maximum atomic E-state index is 13.1. The zero-order valence-corrected chi connectivity index (χ0v) is 7.36. The highest BCUT2D eigenvalue weighted by atomic mass is 79.9. The molecule has 0 atom stereocenters. The van der Waals surface area contributed by atoms with Crippen molar-refractivity contribution in [1.29, 1.82) is 0 Å². The second-order valence-electron chi connectivity index (χ2n) is 2.07. The summed E-state index contributed by atoms with van der Waals surface area (Å²) in [7, 11) is 0. The molecule has 1 rings (SSSR count). The average molecular weight is 216 g/mol. The number of nitrogens with two attached hydrogens (primary N) is 1. The van der Waals surface area contributed by atoms with Crippen LogP contribution in [0.25, 0.3) is 6.08 Å². The third-order valence-corrected chi connectivity index (χ3v) is 1.98. The first kappa shape index (κ1) is 8.27. The van der Waals surface area contributed by atoms with Crippen molar-refractivity contribution in [3.63, 3.8) is 0 Å². The van der Waals surface area contributed by atoms with Gasteiger partial charge in [0.15, 0.2) is 0 Å². The molecule has 0 aliphatic heterocycles. The van der Waals surface area contributed by atoms with Crippen LogP contribution in [0.3, 0.4) is 0 Å². The molecule has 0 heterocycles. The fourth-order valence-electron chi connectivity index (χ4n) is 0.789. The molecule has 0 radical (unpaired) electrons. The Hall–Kier alpha value is -0.830. The predicted molar refractivity (Wildman–Crippen MR) is 48.6 cm³/mol. The zero-order valence-electron chi connectivity index (χ0n) is 5.77. The molecule has 3 heteroatoms. The van der Waals surface area contributed by atoms with Gasteiger partial charge in [-0.3, -0.25) is 0 Å². The summed E-state index contributed by atoms with van der Waals surface area (Å²) < 4.78 is 13.5. The van der Waals surface area contributed by atoms with E-state index in [1.54, 1.807) is 12.1 Å². The average Bonchev–Trinajstić information content (AvgIpc) is 1.99. The largest absolute Gasteiger partial charge is 0.398 e. The molecule has 0 aromatic heterocycles. The van der Waals surface area contributed by atoms with Gasteiger partial charge in [-0.05, 0) is 28.1 Å². The molecule has 0 aliphatic rings. The van der Waals surface area contributed by atoms with Gasteiger partial charge in [0, 0.05) is 11.3 Å². The van der Waals surface area contributed by atoms with Crippen LogP contribution in [-0.4, -0.2) is 0 Å². The summed E-state index contributed by atoms with van der Waals surface area (Å²) in [5.74, 6) is -0.361. The van der Waals surface area contributed by atoms with Crippen LogP contribution in [0.4, 0.5) is 10.1 Å². The van der Waals surface area contributed by atoms with Crippen LogP contribution in [0.15, 0.2) is 23.2 Å². The summed E-state index contributed by atoms with van der Waals surface area (Å²) in [5, 5.41) is 0. The lowest BCUT2D eigenvalue weighted by atomic mass is 10.2. The molecule has 0 bridgehead atoms. The molecule has 0 saturated heterocycles. The van der Waals surface area contributed by atoms with Gasteiger partial charge in [0.25, 0.3) is 0 Å². The van der Waals surface area contributed by atoms with E-state index in [1.165, 1.54) is 6.08 Å². The van der Waals surface area contributed by atoms with Crippen molar-refractivity contribution < 1.29 is 4.39 Å². The smallest absolute Gasteiger partial charge is 0.146 e. The number of benzene rings is 1. The van der Waals surface area contributed by atoms with Crippen molar-refractivity contribution in [2.24, 2.45) is 0 Å².